The van der Waals surface area contributed by atoms with E-state index in [9.17, 15) is 9.59 Å². The summed E-state index contributed by atoms with van der Waals surface area (Å²) in [5.41, 5.74) is 2.74. The van der Waals surface area contributed by atoms with Crippen molar-refractivity contribution in [2.75, 3.05) is 5.32 Å². The highest BCUT2D eigenvalue weighted by atomic mass is 16.5. The number of aromatic nitrogens is 2. The molecule has 1 saturated carbocycles. The predicted molar refractivity (Wildman–Crippen MR) is 131 cm³/mol. The summed E-state index contributed by atoms with van der Waals surface area (Å²) in [4.78, 5) is 29.7. The van der Waals surface area contributed by atoms with E-state index in [0.717, 1.165) is 42.9 Å². The first-order valence-electron chi connectivity index (χ1n) is 12.0. The zero-order valence-corrected chi connectivity index (χ0v) is 19.5. The molecule has 0 aliphatic heterocycles. The Hall–Kier alpha value is -3.15. The summed E-state index contributed by atoms with van der Waals surface area (Å²) >= 11 is 0. The van der Waals surface area contributed by atoms with Gasteiger partial charge < -0.3 is 10.1 Å². The third kappa shape index (κ3) is 5.81. The first-order valence-corrected chi connectivity index (χ1v) is 12.0. The number of benzene rings is 1. The van der Waals surface area contributed by atoms with Crippen LogP contribution in [0.3, 0.4) is 0 Å². The molecule has 1 aromatic carbocycles. The lowest BCUT2D eigenvalue weighted by Gasteiger charge is -2.27. The molecule has 1 N–H and O–H groups in total. The van der Waals surface area contributed by atoms with Gasteiger partial charge in [-0.1, -0.05) is 38.3 Å². The summed E-state index contributed by atoms with van der Waals surface area (Å²) in [6.45, 7) is 4.34. The van der Waals surface area contributed by atoms with Crippen molar-refractivity contribution in [2.45, 2.75) is 65.4 Å². The Kier molecular flexibility index (Phi) is 7.43. The number of ether oxygens (including phenoxy) is 1. The molecule has 0 atom stereocenters. The third-order valence-electron chi connectivity index (χ3n) is 6.61. The van der Waals surface area contributed by atoms with E-state index in [-0.39, 0.29) is 24.0 Å². The van der Waals surface area contributed by atoms with E-state index in [0.29, 0.717) is 17.1 Å². The van der Waals surface area contributed by atoms with E-state index in [2.05, 4.69) is 17.2 Å². The fraction of sp³-hybridized carbons (Fsp3) is 0.444. The minimum absolute atomic E-state index is 0.0884. The average Bonchev–Trinajstić information content (AvgIpc) is 2.83. The van der Waals surface area contributed by atoms with E-state index in [4.69, 9.17) is 4.74 Å². The summed E-state index contributed by atoms with van der Waals surface area (Å²) in [6.07, 6.45) is 9.79. The number of hydrogen-bond acceptors (Lipinski definition) is 4. The van der Waals surface area contributed by atoms with Gasteiger partial charge in [0, 0.05) is 29.9 Å². The van der Waals surface area contributed by atoms with Gasteiger partial charge in [0.2, 0.25) is 5.91 Å². The number of nitrogens with zero attached hydrogens (tertiary/aromatic N) is 2. The summed E-state index contributed by atoms with van der Waals surface area (Å²) in [6, 6.07) is 12.7. The molecule has 1 fully saturated rings. The van der Waals surface area contributed by atoms with E-state index >= 15 is 0 Å². The van der Waals surface area contributed by atoms with Gasteiger partial charge in [0.25, 0.3) is 5.56 Å². The van der Waals surface area contributed by atoms with Gasteiger partial charge in [0.1, 0.15) is 18.0 Å². The fourth-order valence-electron chi connectivity index (χ4n) is 4.65. The molecule has 0 saturated heterocycles. The molecule has 33 heavy (non-hydrogen) atoms. The molecule has 6 heteroatoms. The molecular formula is C27H33N3O3. The second-order valence-corrected chi connectivity index (χ2v) is 9.14. The number of carbonyl (C=O) groups excluding carboxylic acids is 1. The summed E-state index contributed by atoms with van der Waals surface area (Å²) in [5.74, 6) is 1.60. The molecular weight excluding hydrogens is 414 g/mol. The average molecular weight is 448 g/mol. The van der Waals surface area contributed by atoms with Gasteiger partial charge >= 0.3 is 0 Å². The highest BCUT2D eigenvalue weighted by molar-refractivity contribution is 5.92. The van der Waals surface area contributed by atoms with E-state index in [1.165, 1.54) is 29.7 Å². The van der Waals surface area contributed by atoms with Gasteiger partial charge in [-0.2, -0.15) is 0 Å². The lowest BCUT2D eigenvalue weighted by Crippen LogP contribution is -2.27. The van der Waals surface area contributed by atoms with Crippen LogP contribution >= 0.6 is 0 Å². The number of anilines is 1. The van der Waals surface area contributed by atoms with E-state index in [1.807, 2.05) is 43.3 Å². The second-order valence-electron chi connectivity index (χ2n) is 9.14. The van der Waals surface area contributed by atoms with Crippen LogP contribution in [-0.4, -0.2) is 15.3 Å². The van der Waals surface area contributed by atoms with Crippen LogP contribution in [0.5, 0.6) is 5.75 Å². The van der Waals surface area contributed by atoms with Crippen molar-refractivity contribution in [3.8, 4) is 5.75 Å². The molecule has 1 aliphatic rings. The first kappa shape index (κ1) is 23.0. The maximum absolute atomic E-state index is 12.8. The fourth-order valence-corrected chi connectivity index (χ4v) is 4.65. The predicted octanol–water partition coefficient (Wildman–Crippen LogP) is 5.52. The standard InChI is InChI=1S/C27H33N3O3/c1-3-4-8-20-11-13-21(14-12-20)27(32)29-22-9-5-10-24(16-22)33-18-23-17-25(31)30-15-6-7-19(2)26(30)28-23/h5-7,9-10,15-17,20-21H,3-4,8,11-14,18H2,1-2H3,(H,29,32). The van der Waals surface area contributed by atoms with Crippen LogP contribution in [0.2, 0.25) is 0 Å². The van der Waals surface area contributed by atoms with Crippen molar-refractivity contribution in [2.24, 2.45) is 11.8 Å². The number of amides is 1. The highest BCUT2D eigenvalue weighted by Crippen LogP contribution is 2.32. The lowest BCUT2D eigenvalue weighted by atomic mass is 9.79. The van der Waals surface area contributed by atoms with Gasteiger partial charge in [0.15, 0.2) is 0 Å². The van der Waals surface area contributed by atoms with Gasteiger partial charge in [-0.3, -0.25) is 14.0 Å². The van der Waals surface area contributed by atoms with Crippen LogP contribution in [0.15, 0.2) is 53.5 Å². The topological polar surface area (TPSA) is 72.7 Å². The summed E-state index contributed by atoms with van der Waals surface area (Å²) < 4.78 is 7.43. The van der Waals surface area contributed by atoms with Crippen molar-refractivity contribution in [3.63, 3.8) is 0 Å². The molecule has 3 aromatic rings. The van der Waals surface area contributed by atoms with Crippen LogP contribution in [0.1, 0.15) is 63.1 Å². The highest BCUT2D eigenvalue weighted by Gasteiger charge is 2.26. The lowest BCUT2D eigenvalue weighted by molar-refractivity contribution is -0.121. The summed E-state index contributed by atoms with van der Waals surface area (Å²) in [7, 11) is 0. The number of hydrogen-bond donors (Lipinski definition) is 1. The smallest absolute Gasteiger partial charge is 0.258 e. The van der Waals surface area contributed by atoms with Crippen LogP contribution in [-0.2, 0) is 11.4 Å². The quantitative estimate of drug-likeness (QED) is 0.494. The molecule has 0 radical (unpaired) electrons. The van der Waals surface area contributed by atoms with Gasteiger partial charge in [-0.05, 0) is 62.3 Å². The van der Waals surface area contributed by atoms with E-state index < -0.39 is 0 Å². The first-order chi connectivity index (χ1) is 16.0. The molecule has 0 spiro atoms. The number of aryl methyl sites for hydroxylation is 1. The van der Waals surface area contributed by atoms with Crippen LogP contribution in [0, 0.1) is 18.8 Å². The minimum atomic E-state index is -0.132. The number of rotatable bonds is 8. The van der Waals surface area contributed by atoms with Crippen molar-refractivity contribution >= 4 is 17.2 Å². The molecule has 2 heterocycles. The molecule has 6 nitrogen and oxygen atoms in total. The number of unbranched alkanes of at least 4 members (excludes halogenated alkanes) is 1. The Balaban J connectivity index is 1.35. The van der Waals surface area contributed by atoms with Crippen molar-refractivity contribution in [3.05, 3.63) is 70.3 Å². The van der Waals surface area contributed by atoms with Crippen molar-refractivity contribution < 1.29 is 9.53 Å². The Morgan fingerprint density at radius 2 is 1.97 bits per heavy atom. The van der Waals surface area contributed by atoms with Crippen LogP contribution in [0.4, 0.5) is 5.69 Å². The zero-order valence-electron chi connectivity index (χ0n) is 19.5. The molecule has 4 rings (SSSR count). The van der Waals surface area contributed by atoms with Crippen molar-refractivity contribution in [1.29, 1.82) is 0 Å². The van der Waals surface area contributed by atoms with E-state index in [1.54, 1.807) is 6.20 Å². The van der Waals surface area contributed by atoms with Crippen LogP contribution in [0.25, 0.3) is 5.65 Å². The maximum atomic E-state index is 12.8. The Labute approximate surface area is 195 Å². The number of carbonyl (C=O) groups is 1. The molecule has 0 bridgehead atoms. The number of fused-ring (bicyclic) bond motifs is 1. The second kappa shape index (κ2) is 10.6. The Morgan fingerprint density at radius 1 is 1.15 bits per heavy atom. The Morgan fingerprint density at radius 3 is 2.76 bits per heavy atom. The SMILES string of the molecule is CCCCC1CCC(C(=O)Nc2cccc(OCc3cc(=O)n4cccc(C)c4n3)c2)CC1. The summed E-state index contributed by atoms with van der Waals surface area (Å²) in [5, 5.41) is 3.06. The van der Waals surface area contributed by atoms with Gasteiger partial charge in [0.05, 0.1) is 5.69 Å². The van der Waals surface area contributed by atoms with Gasteiger partial charge in [-0.15, -0.1) is 0 Å². The third-order valence-corrected chi connectivity index (χ3v) is 6.61. The molecule has 1 amide bonds. The zero-order chi connectivity index (χ0) is 23.2. The maximum Gasteiger partial charge on any atom is 0.258 e. The Bertz CT molecular complexity index is 1160. The monoisotopic (exact) mass is 447 g/mol. The minimum Gasteiger partial charge on any atom is -0.487 e. The van der Waals surface area contributed by atoms with Gasteiger partial charge in [-0.25, -0.2) is 4.98 Å². The molecule has 1 aliphatic carbocycles. The van der Waals surface area contributed by atoms with Crippen LogP contribution < -0.4 is 15.6 Å². The number of nitrogens with one attached hydrogen (secondary N) is 1. The molecule has 2 aromatic heterocycles. The molecule has 0 unspecified atom stereocenters. The largest absolute Gasteiger partial charge is 0.487 e. The van der Waals surface area contributed by atoms with Crippen molar-refractivity contribution in [1.82, 2.24) is 9.38 Å². The molecule has 174 valence electrons. The normalized spacial score (nSPS) is 18.2. The number of pyridine rings is 1.